The fourth-order valence-electron chi connectivity index (χ4n) is 2.09. The second-order valence-electron chi connectivity index (χ2n) is 4.82. The molecule has 0 spiro atoms. The zero-order valence-electron chi connectivity index (χ0n) is 11.4. The van der Waals surface area contributed by atoms with Crippen LogP contribution < -0.4 is 0 Å². The van der Waals surface area contributed by atoms with E-state index in [0.29, 0.717) is 18.7 Å². The number of phenolic OH excluding ortho intramolecular Hbond substituents is 1. The van der Waals surface area contributed by atoms with Gasteiger partial charge >= 0.3 is 0 Å². The molecule has 2 rings (SSSR count). The summed E-state index contributed by atoms with van der Waals surface area (Å²) < 4.78 is 13.5. The van der Waals surface area contributed by atoms with Crippen molar-refractivity contribution >= 4 is 17.1 Å². The average Bonchev–Trinajstić information content (AvgIpc) is 2.85. The smallest absolute Gasteiger partial charge is 0.163 e. The molecule has 0 unspecified atom stereocenters. The largest absolute Gasteiger partial charge is 0.507 e. The minimum absolute atomic E-state index is 0.0314. The lowest BCUT2D eigenvalue weighted by Gasteiger charge is -2.17. The van der Waals surface area contributed by atoms with Crippen molar-refractivity contribution in [1.29, 1.82) is 0 Å². The second kappa shape index (κ2) is 6.15. The minimum Gasteiger partial charge on any atom is -0.507 e. The monoisotopic (exact) mass is 293 g/mol. The molecule has 1 aromatic carbocycles. The van der Waals surface area contributed by atoms with Crippen LogP contribution in [-0.2, 0) is 13.1 Å². The Labute approximate surface area is 121 Å². The molecule has 0 bridgehead atoms. The molecular formula is C15H16FNO2S. The fourth-order valence-corrected chi connectivity index (χ4v) is 2.75. The summed E-state index contributed by atoms with van der Waals surface area (Å²) in [5.41, 5.74) is 1.62. The Morgan fingerprint density at radius 2 is 2.15 bits per heavy atom. The molecule has 0 amide bonds. The van der Waals surface area contributed by atoms with E-state index in [-0.39, 0.29) is 17.1 Å². The number of halogens is 1. The lowest BCUT2D eigenvalue weighted by atomic mass is 10.0. The van der Waals surface area contributed by atoms with Crippen LogP contribution in [-0.4, -0.2) is 22.8 Å². The van der Waals surface area contributed by atoms with Gasteiger partial charge in [-0.25, -0.2) is 4.39 Å². The van der Waals surface area contributed by atoms with Crippen molar-refractivity contribution < 1.29 is 14.3 Å². The Morgan fingerprint density at radius 1 is 1.40 bits per heavy atom. The highest BCUT2D eigenvalue weighted by Crippen LogP contribution is 2.26. The van der Waals surface area contributed by atoms with E-state index in [2.05, 4.69) is 0 Å². The predicted molar refractivity (Wildman–Crippen MR) is 77.6 cm³/mol. The third-order valence-corrected chi connectivity index (χ3v) is 3.74. The third kappa shape index (κ3) is 3.43. The number of hydrogen-bond acceptors (Lipinski definition) is 4. The minimum atomic E-state index is -0.507. The van der Waals surface area contributed by atoms with Gasteiger partial charge in [0.2, 0.25) is 0 Å². The van der Waals surface area contributed by atoms with Crippen LogP contribution in [0.2, 0.25) is 0 Å². The lowest BCUT2D eigenvalue weighted by Crippen LogP contribution is -2.17. The SMILES string of the molecule is CC(=O)c1cc(F)cc(CN(C)Cc2ccsc2)c1O. The molecule has 2 aromatic rings. The Balaban J connectivity index is 2.18. The third-order valence-electron chi connectivity index (χ3n) is 3.01. The van der Waals surface area contributed by atoms with E-state index in [1.54, 1.807) is 11.3 Å². The maximum absolute atomic E-state index is 13.5. The number of aromatic hydroxyl groups is 1. The van der Waals surface area contributed by atoms with Gasteiger partial charge in [-0.1, -0.05) is 0 Å². The Hall–Kier alpha value is -1.72. The molecule has 0 atom stereocenters. The van der Waals surface area contributed by atoms with E-state index in [4.69, 9.17) is 0 Å². The first kappa shape index (κ1) is 14.7. The lowest BCUT2D eigenvalue weighted by molar-refractivity contribution is 0.101. The van der Waals surface area contributed by atoms with Crippen LogP contribution in [0.4, 0.5) is 4.39 Å². The summed E-state index contributed by atoms with van der Waals surface area (Å²) in [7, 11) is 1.88. The Kier molecular flexibility index (Phi) is 4.52. The normalized spacial score (nSPS) is 11.0. The van der Waals surface area contributed by atoms with Gasteiger partial charge in [-0.05, 0) is 48.5 Å². The molecule has 5 heteroatoms. The highest BCUT2D eigenvalue weighted by atomic mass is 32.1. The molecule has 1 N–H and O–H groups in total. The van der Waals surface area contributed by atoms with Crippen LogP contribution in [0.15, 0.2) is 29.0 Å². The first-order valence-corrected chi connectivity index (χ1v) is 7.13. The van der Waals surface area contributed by atoms with Crippen LogP contribution in [0.25, 0.3) is 0 Å². The molecule has 106 valence electrons. The zero-order valence-corrected chi connectivity index (χ0v) is 12.2. The first-order chi connectivity index (χ1) is 9.47. The van der Waals surface area contributed by atoms with Gasteiger partial charge in [-0.3, -0.25) is 9.69 Å². The molecule has 20 heavy (non-hydrogen) atoms. The Morgan fingerprint density at radius 3 is 2.75 bits per heavy atom. The van der Waals surface area contributed by atoms with Gasteiger partial charge in [0.05, 0.1) is 5.56 Å². The molecule has 0 aliphatic carbocycles. The fraction of sp³-hybridized carbons (Fsp3) is 0.267. The van der Waals surface area contributed by atoms with E-state index in [1.807, 2.05) is 28.8 Å². The van der Waals surface area contributed by atoms with Crippen LogP contribution >= 0.6 is 11.3 Å². The highest BCUT2D eigenvalue weighted by Gasteiger charge is 2.15. The number of rotatable bonds is 5. The number of carbonyl (C=O) groups is 1. The second-order valence-corrected chi connectivity index (χ2v) is 5.60. The average molecular weight is 293 g/mol. The van der Waals surface area contributed by atoms with Crippen LogP contribution in [0.3, 0.4) is 0 Å². The van der Waals surface area contributed by atoms with Crippen molar-refractivity contribution in [3.8, 4) is 5.75 Å². The zero-order chi connectivity index (χ0) is 14.7. The molecule has 0 radical (unpaired) electrons. The maximum atomic E-state index is 13.5. The number of Topliss-reactive ketones (excluding diaryl/α,β-unsaturated/α-hetero) is 1. The van der Waals surface area contributed by atoms with Gasteiger partial charge < -0.3 is 5.11 Å². The van der Waals surface area contributed by atoms with E-state index >= 15 is 0 Å². The maximum Gasteiger partial charge on any atom is 0.163 e. The van der Waals surface area contributed by atoms with Crippen molar-refractivity contribution in [3.05, 3.63) is 51.5 Å². The molecule has 0 saturated carbocycles. The number of thiophene rings is 1. The van der Waals surface area contributed by atoms with Gasteiger partial charge in [0.1, 0.15) is 11.6 Å². The summed E-state index contributed by atoms with van der Waals surface area (Å²) >= 11 is 1.62. The molecule has 1 heterocycles. The molecule has 3 nitrogen and oxygen atoms in total. The molecule has 1 aromatic heterocycles. The topological polar surface area (TPSA) is 40.5 Å². The van der Waals surface area contributed by atoms with Crippen molar-refractivity contribution in [2.24, 2.45) is 0 Å². The highest BCUT2D eigenvalue weighted by molar-refractivity contribution is 7.07. The molecule has 0 fully saturated rings. The van der Waals surface area contributed by atoms with Gasteiger partial charge in [0.25, 0.3) is 0 Å². The summed E-state index contributed by atoms with van der Waals surface area (Å²) in [5.74, 6) is -0.980. The van der Waals surface area contributed by atoms with Crippen LogP contribution in [0.5, 0.6) is 5.75 Å². The van der Waals surface area contributed by atoms with E-state index in [1.165, 1.54) is 18.6 Å². The van der Waals surface area contributed by atoms with Gasteiger partial charge in [0.15, 0.2) is 5.78 Å². The molecule has 0 saturated heterocycles. The van der Waals surface area contributed by atoms with E-state index in [0.717, 1.165) is 6.07 Å². The van der Waals surface area contributed by atoms with Crippen molar-refractivity contribution in [2.45, 2.75) is 20.0 Å². The Bertz CT molecular complexity index is 611. The summed E-state index contributed by atoms with van der Waals surface area (Å²) in [4.78, 5) is 13.3. The van der Waals surface area contributed by atoms with Crippen LogP contribution in [0, 0.1) is 5.82 Å². The van der Waals surface area contributed by atoms with Crippen LogP contribution in [0.1, 0.15) is 28.4 Å². The predicted octanol–water partition coefficient (Wildman–Crippen LogP) is 3.43. The van der Waals surface area contributed by atoms with Crippen molar-refractivity contribution in [3.63, 3.8) is 0 Å². The quantitative estimate of drug-likeness (QED) is 0.859. The standard InChI is InChI=1S/C15H16FNO2S/c1-10(18)14-6-13(16)5-12(15(14)19)8-17(2)7-11-3-4-20-9-11/h3-6,9,19H,7-8H2,1-2H3. The molecular weight excluding hydrogens is 277 g/mol. The van der Waals surface area contributed by atoms with E-state index < -0.39 is 5.82 Å². The van der Waals surface area contributed by atoms with Crippen molar-refractivity contribution in [2.75, 3.05) is 7.05 Å². The van der Waals surface area contributed by atoms with Gasteiger partial charge in [0, 0.05) is 18.7 Å². The van der Waals surface area contributed by atoms with Gasteiger partial charge in [-0.15, -0.1) is 0 Å². The summed E-state index contributed by atoms with van der Waals surface area (Å²) in [6.07, 6.45) is 0. The number of benzene rings is 1. The molecule has 0 aliphatic heterocycles. The molecule has 0 aliphatic rings. The summed E-state index contributed by atoms with van der Waals surface area (Å²) in [5, 5.41) is 14.1. The number of hydrogen-bond donors (Lipinski definition) is 1. The van der Waals surface area contributed by atoms with E-state index in [9.17, 15) is 14.3 Å². The first-order valence-electron chi connectivity index (χ1n) is 6.19. The number of nitrogens with zero attached hydrogens (tertiary/aromatic N) is 1. The number of phenols is 1. The van der Waals surface area contributed by atoms with Gasteiger partial charge in [-0.2, -0.15) is 11.3 Å². The number of ketones is 1. The summed E-state index contributed by atoms with van der Waals surface area (Å²) in [6, 6.07) is 4.36. The van der Waals surface area contributed by atoms with Crippen molar-refractivity contribution in [1.82, 2.24) is 4.90 Å². The summed E-state index contributed by atoms with van der Waals surface area (Å²) in [6.45, 7) is 2.39. The number of carbonyl (C=O) groups excluding carboxylic acids is 1.